The van der Waals surface area contributed by atoms with Gasteiger partial charge in [0.2, 0.25) is 11.8 Å². The Kier molecular flexibility index (Phi) is 4.96. The van der Waals surface area contributed by atoms with E-state index in [9.17, 15) is 9.59 Å². The molecule has 1 aromatic carbocycles. The number of rotatable bonds is 4. The first kappa shape index (κ1) is 15.5. The minimum absolute atomic E-state index is 0.0259. The summed E-state index contributed by atoms with van der Waals surface area (Å²) in [6.45, 7) is 7.73. The fourth-order valence-corrected chi connectivity index (χ4v) is 2.54. The third-order valence-corrected chi connectivity index (χ3v) is 3.85. The van der Waals surface area contributed by atoms with Gasteiger partial charge in [-0.25, -0.2) is 0 Å². The zero-order chi connectivity index (χ0) is 15.4. The van der Waals surface area contributed by atoms with Gasteiger partial charge in [0.15, 0.2) is 0 Å². The molecule has 5 heteroatoms. The molecule has 0 saturated carbocycles. The Hall–Kier alpha value is -1.88. The van der Waals surface area contributed by atoms with Gasteiger partial charge in [-0.3, -0.25) is 9.59 Å². The van der Waals surface area contributed by atoms with E-state index in [1.165, 1.54) is 16.7 Å². The van der Waals surface area contributed by atoms with Crippen LogP contribution in [0.2, 0.25) is 0 Å². The van der Waals surface area contributed by atoms with Crippen LogP contribution in [0.3, 0.4) is 0 Å². The maximum Gasteiger partial charge on any atom is 0.239 e. The molecular formula is C16H23N3O2. The summed E-state index contributed by atoms with van der Waals surface area (Å²) in [5.74, 6) is -0.112. The number of amides is 2. The number of aryl methyl sites for hydroxylation is 2. The zero-order valence-electron chi connectivity index (χ0n) is 12.9. The summed E-state index contributed by atoms with van der Waals surface area (Å²) < 4.78 is 0. The molecule has 21 heavy (non-hydrogen) atoms. The van der Waals surface area contributed by atoms with E-state index in [0.717, 1.165) is 0 Å². The van der Waals surface area contributed by atoms with Crippen LogP contribution in [-0.2, 0) is 9.59 Å². The van der Waals surface area contributed by atoms with E-state index in [1.807, 2.05) is 0 Å². The molecule has 1 aromatic rings. The van der Waals surface area contributed by atoms with Crippen molar-refractivity contribution < 1.29 is 9.59 Å². The standard InChI is InChI=1S/C16H23N3O2/c1-11-4-5-12(2)14(8-11)13(3)18-9-16(21)19-7-6-17-15(20)10-19/h4-5,8,13,18H,6-7,9-10H2,1-3H3,(H,17,20). The molecule has 1 fully saturated rings. The van der Waals surface area contributed by atoms with Gasteiger partial charge in [0.1, 0.15) is 0 Å². The molecule has 0 bridgehead atoms. The lowest BCUT2D eigenvalue weighted by atomic mass is 10.00. The molecule has 1 aliphatic heterocycles. The van der Waals surface area contributed by atoms with Gasteiger partial charge in [0.05, 0.1) is 13.1 Å². The van der Waals surface area contributed by atoms with Crippen LogP contribution in [0, 0.1) is 13.8 Å². The fraction of sp³-hybridized carbons (Fsp3) is 0.500. The molecule has 2 amide bonds. The lowest BCUT2D eigenvalue weighted by Gasteiger charge is -2.27. The largest absolute Gasteiger partial charge is 0.353 e. The molecule has 1 aliphatic rings. The minimum Gasteiger partial charge on any atom is -0.353 e. The van der Waals surface area contributed by atoms with E-state index in [4.69, 9.17) is 0 Å². The second-order valence-corrected chi connectivity index (χ2v) is 5.63. The molecule has 5 nitrogen and oxygen atoms in total. The van der Waals surface area contributed by atoms with Gasteiger partial charge in [-0.1, -0.05) is 23.8 Å². The molecule has 0 aliphatic carbocycles. The van der Waals surface area contributed by atoms with Crippen LogP contribution in [0.25, 0.3) is 0 Å². The molecular weight excluding hydrogens is 266 g/mol. The number of carbonyl (C=O) groups is 2. The van der Waals surface area contributed by atoms with E-state index < -0.39 is 0 Å². The predicted octanol–water partition coefficient (Wildman–Crippen LogP) is 0.912. The molecule has 2 rings (SSSR count). The fourth-order valence-electron chi connectivity index (χ4n) is 2.54. The van der Waals surface area contributed by atoms with Gasteiger partial charge >= 0.3 is 0 Å². The summed E-state index contributed by atoms with van der Waals surface area (Å²) >= 11 is 0. The molecule has 114 valence electrons. The smallest absolute Gasteiger partial charge is 0.239 e. The van der Waals surface area contributed by atoms with Crippen molar-refractivity contribution in [1.29, 1.82) is 0 Å². The van der Waals surface area contributed by atoms with Crippen molar-refractivity contribution in [3.8, 4) is 0 Å². The Morgan fingerprint density at radius 3 is 2.90 bits per heavy atom. The number of carbonyl (C=O) groups excluding carboxylic acids is 2. The average Bonchev–Trinajstić information content (AvgIpc) is 2.47. The van der Waals surface area contributed by atoms with Crippen LogP contribution in [0.4, 0.5) is 0 Å². The lowest BCUT2D eigenvalue weighted by molar-refractivity contribution is -0.137. The van der Waals surface area contributed by atoms with E-state index in [-0.39, 0.29) is 30.9 Å². The number of benzene rings is 1. The van der Waals surface area contributed by atoms with Crippen LogP contribution in [0.1, 0.15) is 29.7 Å². The van der Waals surface area contributed by atoms with Crippen molar-refractivity contribution in [2.75, 3.05) is 26.2 Å². The Morgan fingerprint density at radius 2 is 2.19 bits per heavy atom. The van der Waals surface area contributed by atoms with E-state index in [2.05, 4.69) is 49.6 Å². The number of nitrogens with one attached hydrogen (secondary N) is 2. The highest BCUT2D eigenvalue weighted by Crippen LogP contribution is 2.18. The predicted molar refractivity (Wildman–Crippen MR) is 81.9 cm³/mol. The topological polar surface area (TPSA) is 61.4 Å². The molecule has 0 spiro atoms. The molecule has 1 unspecified atom stereocenters. The van der Waals surface area contributed by atoms with Gasteiger partial charge in [0.25, 0.3) is 0 Å². The first-order chi connectivity index (χ1) is 9.97. The van der Waals surface area contributed by atoms with Gasteiger partial charge in [-0.05, 0) is 31.9 Å². The van der Waals surface area contributed by atoms with Gasteiger partial charge in [-0.2, -0.15) is 0 Å². The van der Waals surface area contributed by atoms with Crippen molar-refractivity contribution in [3.05, 3.63) is 34.9 Å². The van der Waals surface area contributed by atoms with E-state index >= 15 is 0 Å². The summed E-state index contributed by atoms with van der Waals surface area (Å²) in [7, 11) is 0. The van der Waals surface area contributed by atoms with E-state index in [1.54, 1.807) is 4.90 Å². The molecule has 2 N–H and O–H groups in total. The highest BCUT2D eigenvalue weighted by molar-refractivity contribution is 5.86. The van der Waals surface area contributed by atoms with Gasteiger partial charge in [-0.15, -0.1) is 0 Å². The lowest BCUT2D eigenvalue weighted by Crippen LogP contribution is -2.52. The maximum absolute atomic E-state index is 12.1. The Morgan fingerprint density at radius 1 is 1.43 bits per heavy atom. The molecule has 0 aromatic heterocycles. The number of hydrogen-bond donors (Lipinski definition) is 2. The Bertz CT molecular complexity index is 542. The third kappa shape index (κ3) is 4.04. The normalized spacial score (nSPS) is 16.5. The van der Waals surface area contributed by atoms with Crippen molar-refractivity contribution in [2.45, 2.75) is 26.8 Å². The SMILES string of the molecule is Cc1ccc(C)c(C(C)NCC(=O)N2CCNC(=O)C2)c1. The summed E-state index contributed by atoms with van der Waals surface area (Å²) in [6, 6.07) is 6.43. The van der Waals surface area contributed by atoms with Crippen molar-refractivity contribution >= 4 is 11.8 Å². The van der Waals surface area contributed by atoms with Crippen LogP contribution >= 0.6 is 0 Å². The second-order valence-electron chi connectivity index (χ2n) is 5.63. The molecule has 1 saturated heterocycles. The van der Waals surface area contributed by atoms with Crippen LogP contribution in [0.15, 0.2) is 18.2 Å². The third-order valence-electron chi connectivity index (χ3n) is 3.85. The number of nitrogens with zero attached hydrogens (tertiary/aromatic N) is 1. The van der Waals surface area contributed by atoms with Gasteiger partial charge in [0, 0.05) is 19.1 Å². The van der Waals surface area contributed by atoms with Gasteiger partial charge < -0.3 is 15.5 Å². The van der Waals surface area contributed by atoms with Crippen molar-refractivity contribution in [1.82, 2.24) is 15.5 Å². The van der Waals surface area contributed by atoms with Crippen molar-refractivity contribution in [3.63, 3.8) is 0 Å². The van der Waals surface area contributed by atoms with Crippen LogP contribution < -0.4 is 10.6 Å². The second kappa shape index (κ2) is 6.72. The maximum atomic E-state index is 12.1. The van der Waals surface area contributed by atoms with Crippen LogP contribution in [-0.4, -0.2) is 42.9 Å². The Labute approximate surface area is 125 Å². The monoisotopic (exact) mass is 289 g/mol. The summed E-state index contributed by atoms with van der Waals surface area (Å²) in [5, 5.41) is 5.97. The average molecular weight is 289 g/mol. The van der Waals surface area contributed by atoms with E-state index in [0.29, 0.717) is 13.1 Å². The highest BCUT2D eigenvalue weighted by atomic mass is 16.2. The number of hydrogen-bond acceptors (Lipinski definition) is 3. The first-order valence-corrected chi connectivity index (χ1v) is 7.32. The Balaban J connectivity index is 1.91. The summed E-state index contributed by atoms with van der Waals surface area (Å²) in [6.07, 6.45) is 0. The number of piperazine rings is 1. The summed E-state index contributed by atoms with van der Waals surface area (Å²) in [4.78, 5) is 25.0. The van der Waals surface area contributed by atoms with Crippen molar-refractivity contribution in [2.24, 2.45) is 0 Å². The molecule has 0 radical (unpaired) electrons. The highest BCUT2D eigenvalue weighted by Gasteiger charge is 2.21. The molecule has 1 atom stereocenters. The quantitative estimate of drug-likeness (QED) is 0.866. The summed E-state index contributed by atoms with van der Waals surface area (Å²) in [5.41, 5.74) is 3.63. The first-order valence-electron chi connectivity index (χ1n) is 7.32. The molecule has 1 heterocycles. The zero-order valence-corrected chi connectivity index (χ0v) is 12.9. The minimum atomic E-state index is -0.0859. The van der Waals surface area contributed by atoms with Crippen LogP contribution in [0.5, 0.6) is 0 Å².